The molecule has 3 rings (SSSR count). The van der Waals surface area contributed by atoms with Crippen molar-refractivity contribution in [3.63, 3.8) is 0 Å². The van der Waals surface area contributed by atoms with Crippen molar-refractivity contribution in [2.45, 2.75) is 13.2 Å². The highest BCUT2D eigenvalue weighted by atomic mass is 16.7. The highest BCUT2D eigenvalue weighted by Gasteiger charge is 2.13. The fourth-order valence-corrected chi connectivity index (χ4v) is 1.86. The van der Waals surface area contributed by atoms with E-state index in [2.05, 4.69) is 4.98 Å². The largest absolute Gasteiger partial charge is 0.487 e. The van der Waals surface area contributed by atoms with Crippen molar-refractivity contribution in [1.29, 1.82) is 0 Å². The Balaban J connectivity index is 1.72. The average molecular weight is 259 g/mol. The third-order valence-electron chi connectivity index (χ3n) is 2.87. The summed E-state index contributed by atoms with van der Waals surface area (Å²) in [6, 6.07) is 7.39. The van der Waals surface area contributed by atoms with Gasteiger partial charge in [-0.05, 0) is 23.8 Å². The zero-order chi connectivity index (χ0) is 13.1. The zero-order valence-electron chi connectivity index (χ0n) is 10.2. The highest BCUT2D eigenvalue weighted by Crippen LogP contribution is 2.32. The summed E-state index contributed by atoms with van der Waals surface area (Å²) in [6.45, 7) is 0.575. The number of benzene rings is 1. The fraction of sp³-hybridized carbons (Fsp3) is 0.214. The van der Waals surface area contributed by atoms with Gasteiger partial charge in [0, 0.05) is 11.8 Å². The second-order valence-electron chi connectivity index (χ2n) is 4.12. The molecule has 0 radical (unpaired) electrons. The smallest absolute Gasteiger partial charge is 0.231 e. The van der Waals surface area contributed by atoms with E-state index in [1.54, 1.807) is 18.5 Å². The van der Waals surface area contributed by atoms with Crippen LogP contribution in [0.5, 0.6) is 17.2 Å². The molecule has 0 atom stereocenters. The molecule has 0 fully saturated rings. The van der Waals surface area contributed by atoms with E-state index in [-0.39, 0.29) is 13.4 Å². The molecule has 1 N–H and O–H groups in total. The first-order valence-electron chi connectivity index (χ1n) is 5.92. The van der Waals surface area contributed by atoms with Crippen LogP contribution in [0.3, 0.4) is 0 Å². The number of hydrogen-bond donors (Lipinski definition) is 1. The van der Waals surface area contributed by atoms with Gasteiger partial charge >= 0.3 is 0 Å². The van der Waals surface area contributed by atoms with Crippen molar-refractivity contribution >= 4 is 0 Å². The molecule has 1 aliphatic heterocycles. The van der Waals surface area contributed by atoms with Crippen LogP contribution in [-0.2, 0) is 13.2 Å². The van der Waals surface area contributed by atoms with Crippen molar-refractivity contribution < 1.29 is 19.3 Å². The van der Waals surface area contributed by atoms with E-state index in [1.807, 2.05) is 18.2 Å². The predicted molar refractivity (Wildman–Crippen MR) is 67.1 cm³/mol. The van der Waals surface area contributed by atoms with Crippen molar-refractivity contribution in [2.75, 3.05) is 6.79 Å². The van der Waals surface area contributed by atoms with Gasteiger partial charge in [-0.2, -0.15) is 0 Å². The summed E-state index contributed by atoms with van der Waals surface area (Å²) in [7, 11) is 0. The normalized spacial score (nSPS) is 12.5. The van der Waals surface area contributed by atoms with Crippen LogP contribution in [0, 0.1) is 0 Å². The predicted octanol–water partition coefficient (Wildman–Crippen LogP) is 1.88. The molecular formula is C14H13NO4. The van der Waals surface area contributed by atoms with Crippen molar-refractivity contribution in [3.05, 3.63) is 47.8 Å². The first-order chi connectivity index (χ1) is 9.36. The summed E-state index contributed by atoms with van der Waals surface area (Å²) in [5.41, 5.74) is 1.69. The number of rotatable bonds is 4. The summed E-state index contributed by atoms with van der Waals surface area (Å²) < 4.78 is 16.2. The van der Waals surface area contributed by atoms with Gasteiger partial charge in [-0.3, -0.25) is 4.98 Å². The number of pyridine rings is 1. The quantitative estimate of drug-likeness (QED) is 0.908. The number of fused-ring (bicyclic) bond motifs is 1. The van der Waals surface area contributed by atoms with E-state index in [4.69, 9.17) is 14.2 Å². The van der Waals surface area contributed by atoms with E-state index in [1.165, 1.54) is 0 Å². The van der Waals surface area contributed by atoms with E-state index in [0.29, 0.717) is 12.4 Å². The summed E-state index contributed by atoms with van der Waals surface area (Å²) in [5.74, 6) is 2.07. The Morgan fingerprint density at radius 2 is 2.11 bits per heavy atom. The minimum absolute atomic E-state index is 0.0704. The monoisotopic (exact) mass is 259 g/mol. The van der Waals surface area contributed by atoms with Gasteiger partial charge in [0.25, 0.3) is 0 Å². The molecule has 1 aliphatic rings. The highest BCUT2D eigenvalue weighted by molar-refractivity contribution is 5.44. The third kappa shape index (κ3) is 2.46. The number of ether oxygens (including phenoxy) is 3. The summed E-state index contributed by atoms with van der Waals surface area (Å²) in [4.78, 5) is 3.98. The van der Waals surface area contributed by atoms with Crippen LogP contribution in [0.1, 0.15) is 11.1 Å². The van der Waals surface area contributed by atoms with Gasteiger partial charge in [-0.1, -0.05) is 6.07 Å². The van der Waals surface area contributed by atoms with Crippen molar-refractivity contribution in [2.24, 2.45) is 0 Å². The molecule has 0 bridgehead atoms. The van der Waals surface area contributed by atoms with Crippen LogP contribution in [0.25, 0.3) is 0 Å². The Hall–Kier alpha value is -2.27. The van der Waals surface area contributed by atoms with E-state index < -0.39 is 0 Å². The van der Waals surface area contributed by atoms with Gasteiger partial charge in [0.2, 0.25) is 6.79 Å². The second kappa shape index (κ2) is 5.16. The Kier molecular flexibility index (Phi) is 3.20. The molecule has 0 amide bonds. The fourth-order valence-electron chi connectivity index (χ4n) is 1.86. The second-order valence-corrected chi connectivity index (χ2v) is 4.12. The molecule has 0 saturated heterocycles. The molecule has 1 aromatic carbocycles. The molecule has 1 aromatic heterocycles. The number of hydrogen-bond acceptors (Lipinski definition) is 5. The molecule has 19 heavy (non-hydrogen) atoms. The topological polar surface area (TPSA) is 60.8 Å². The van der Waals surface area contributed by atoms with Crippen molar-refractivity contribution in [1.82, 2.24) is 4.98 Å². The molecule has 98 valence electrons. The van der Waals surface area contributed by atoms with Crippen molar-refractivity contribution in [3.8, 4) is 17.2 Å². The van der Waals surface area contributed by atoms with Crippen LogP contribution in [-0.4, -0.2) is 16.9 Å². The van der Waals surface area contributed by atoms with Gasteiger partial charge in [-0.15, -0.1) is 0 Å². The lowest BCUT2D eigenvalue weighted by Gasteiger charge is -2.09. The summed E-state index contributed by atoms with van der Waals surface area (Å²) >= 11 is 0. The van der Waals surface area contributed by atoms with Gasteiger partial charge in [0.05, 0.1) is 12.8 Å². The molecule has 0 saturated carbocycles. The van der Waals surface area contributed by atoms with Crippen LogP contribution in [0.4, 0.5) is 0 Å². The van der Waals surface area contributed by atoms with E-state index in [0.717, 1.165) is 22.6 Å². The minimum Gasteiger partial charge on any atom is -0.487 e. The maximum Gasteiger partial charge on any atom is 0.231 e. The standard InChI is InChI=1S/C14H13NO4/c16-7-11-3-4-15-6-14(11)17-8-10-1-2-12-13(5-10)19-9-18-12/h1-6,16H,7-9H2. The third-order valence-corrected chi connectivity index (χ3v) is 2.87. The van der Waals surface area contributed by atoms with Crippen LogP contribution >= 0.6 is 0 Å². The molecule has 2 aromatic rings. The number of nitrogens with zero attached hydrogens (tertiary/aromatic N) is 1. The first-order valence-corrected chi connectivity index (χ1v) is 5.92. The van der Waals surface area contributed by atoms with Crippen LogP contribution < -0.4 is 14.2 Å². The summed E-state index contributed by atoms with van der Waals surface area (Å²) in [6.07, 6.45) is 3.22. The van der Waals surface area contributed by atoms with Gasteiger partial charge in [-0.25, -0.2) is 0 Å². The SMILES string of the molecule is OCc1ccncc1OCc1ccc2c(c1)OCO2. The van der Waals surface area contributed by atoms with E-state index in [9.17, 15) is 5.11 Å². The van der Waals surface area contributed by atoms with Crippen LogP contribution in [0.2, 0.25) is 0 Å². The van der Waals surface area contributed by atoms with Gasteiger partial charge in [0.1, 0.15) is 12.4 Å². The molecule has 2 heterocycles. The average Bonchev–Trinajstić information content (AvgIpc) is 2.93. The minimum atomic E-state index is -0.0704. The molecule has 5 nitrogen and oxygen atoms in total. The Morgan fingerprint density at radius 1 is 1.21 bits per heavy atom. The zero-order valence-corrected chi connectivity index (χ0v) is 10.2. The molecule has 0 spiro atoms. The Labute approximate surface area is 110 Å². The van der Waals surface area contributed by atoms with Gasteiger partial charge in [0.15, 0.2) is 11.5 Å². The maximum atomic E-state index is 9.20. The number of aliphatic hydroxyl groups excluding tert-OH is 1. The van der Waals surface area contributed by atoms with Crippen LogP contribution in [0.15, 0.2) is 36.7 Å². The lowest BCUT2D eigenvalue weighted by molar-refractivity contribution is 0.174. The van der Waals surface area contributed by atoms with E-state index >= 15 is 0 Å². The molecule has 5 heteroatoms. The number of aliphatic hydroxyl groups is 1. The lowest BCUT2D eigenvalue weighted by Crippen LogP contribution is -1.99. The molecule has 0 aliphatic carbocycles. The summed E-state index contributed by atoms with van der Waals surface area (Å²) in [5, 5.41) is 9.20. The molecule has 0 unspecified atom stereocenters. The Bertz CT molecular complexity index is 585. The first kappa shape index (κ1) is 11.8. The Morgan fingerprint density at radius 3 is 3.00 bits per heavy atom. The molecular weight excluding hydrogens is 246 g/mol. The van der Waals surface area contributed by atoms with Gasteiger partial charge < -0.3 is 19.3 Å². The lowest BCUT2D eigenvalue weighted by atomic mass is 10.2. The number of aromatic nitrogens is 1. The maximum absolute atomic E-state index is 9.20.